The van der Waals surface area contributed by atoms with Gasteiger partial charge in [0.2, 0.25) is 0 Å². The first kappa shape index (κ1) is 31.2. The number of hydrogen-bond acceptors (Lipinski definition) is 7. The summed E-state index contributed by atoms with van der Waals surface area (Å²) in [5.41, 5.74) is 5.15. The fourth-order valence-corrected chi connectivity index (χ4v) is 7.10. The molecule has 1 heterocycles. The van der Waals surface area contributed by atoms with E-state index in [0.29, 0.717) is 23.2 Å². The minimum Gasteiger partial charge on any atom is -0.496 e. The van der Waals surface area contributed by atoms with Gasteiger partial charge in [-0.05, 0) is 73.4 Å². The smallest absolute Gasteiger partial charge is 0.295 e. The largest absolute Gasteiger partial charge is 0.496 e. The first-order chi connectivity index (χ1) is 20.6. The highest BCUT2D eigenvalue weighted by Crippen LogP contribution is 2.45. The minimum atomic E-state index is -4.77. The van der Waals surface area contributed by atoms with Gasteiger partial charge in [-0.15, -0.1) is 0 Å². The number of carbonyl (C=O) groups is 1. The van der Waals surface area contributed by atoms with Crippen LogP contribution in [0.5, 0.6) is 5.75 Å². The van der Waals surface area contributed by atoms with Gasteiger partial charge in [-0.2, -0.15) is 16.8 Å². The summed E-state index contributed by atoms with van der Waals surface area (Å²) in [5.74, 6) is -0.351. The molecule has 0 radical (unpaired) electrons. The third-order valence-corrected chi connectivity index (χ3v) is 9.68. The van der Waals surface area contributed by atoms with E-state index in [-0.39, 0.29) is 45.0 Å². The van der Waals surface area contributed by atoms with Crippen LogP contribution in [0.15, 0.2) is 70.5 Å². The average molecular weight is 637 g/mol. The predicted molar refractivity (Wildman–Crippen MR) is 167 cm³/mol. The fraction of sp³-hybridized carbons (Fsp3) is 0.219. The number of anilines is 1. The lowest BCUT2D eigenvalue weighted by Crippen LogP contribution is -2.27. The maximum atomic E-state index is 14.5. The third kappa shape index (κ3) is 5.69. The molecule has 230 valence electrons. The molecular formula is C32H32N2O8S2. The van der Waals surface area contributed by atoms with E-state index in [0.717, 1.165) is 16.8 Å². The number of amides is 1. The van der Waals surface area contributed by atoms with E-state index in [9.17, 15) is 30.7 Å². The lowest BCUT2D eigenvalue weighted by Gasteiger charge is -2.24. The molecule has 0 saturated carbocycles. The third-order valence-electron chi connectivity index (χ3n) is 7.86. The predicted octanol–water partition coefficient (Wildman–Crippen LogP) is 5.65. The number of nitrogens with one attached hydrogen (secondary N) is 1. The van der Waals surface area contributed by atoms with Gasteiger partial charge in [-0.1, -0.05) is 41.5 Å². The molecule has 0 atom stereocenters. The van der Waals surface area contributed by atoms with Gasteiger partial charge >= 0.3 is 0 Å². The van der Waals surface area contributed by atoms with E-state index < -0.39 is 31.0 Å². The van der Waals surface area contributed by atoms with E-state index in [1.165, 1.54) is 37.4 Å². The molecule has 5 rings (SSSR count). The number of fused-ring (bicyclic) bond motifs is 1. The summed E-state index contributed by atoms with van der Waals surface area (Å²) in [6, 6.07) is 16.0. The second-order valence-electron chi connectivity index (χ2n) is 10.8. The van der Waals surface area contributed by atoms with Gasteiger partial charge in [0, 0.05) is 42.5 Å². The Labute approximate surface area is 256 Å². The topological polar surface area (TPSA) is 150 Å². The van der Waals surface area contributed by atoms with Crippen LogP contribution in [0.25, 0.3) is 22.3 Å². The van der Waals surface area contributed by atoms with Crippen LogP contribution in [-0.2, 0) is 33.3 Å². The number of hydrogen-bond donors (Lipinski definition) is 3. The lowest BCUT2D eigenvalue weighted by atomic mass is 9.88. The Morgan fingerprint density at radius 1 is 0.750 bits per heavy atom. The normalized spacial score (nSPS) is 13.1. The highest BCUT2D eigenvalue weighted by molar-refractivity contribution is 7.86. The van der Waals surface area contributed by atoms with Crippen molar-refractivity contribution < 1.29 is 35.5 Å². The lowest BCUT2D eigenvalue weighted by molar-refractivity contribution is 0.0748. The Hall–Kier alpha value is -4.23. The molecule has 0 saturated heterocycles. The second-order valence-corrected chi connectivity index (χ2v) is 13.6. The van der Waals surface area contributed by atoms with Gasteiger partial charge in [-0.3, -0.25) is 13.9 Å². The van der Waals surface area contributed by atoms with Crippen LogP contribution < -0.4 is 10.1 Å². The standard InChI is InChI=1S/C32H32N2O8S2/c1-18-6-10-28(43(36,37)38)25(12-18)24-15-27(26-13-19(2)7-11-29(26)44(39,40)41)30(31(42-5)20(24)3)32(35)34-16-21-8-9-23(33-4)14-22(21)17-34/h6-15,33H,16-17H2,1-5H3,(H,36,37,38)(H,39,40,41). The Kier molecular flexibility index (Phi) is 8.06. The number of methoxy groups -OCH3 is 1. The molecule has 0 spiro atoms. The van der Waals surface area contributed by atoms with Crippen molar-refractivity contribution in [3.8, 4) is 28.0 Å². The fourth-order valence-electron chi connectivity index (χ4n) is 5.73. The number of aryl methyl sites for hydroxylation is 2. The molecule has 3 N–H and O–H groups in total. The molecular weight excluding hydrogens is 604 g/mol. The highest BCUT2D eigenvalue weighted by Gasteiger charge is 2.33. The van der Waals surface area contributed by atoms with E-state index >= 15 is 0 Å². The van der Waals surface area contributed by atoms with Crippen LogP contribution in [0.1, 0.15) is 38.2 Å². The molecule has 44 heavy (non-hydrogen) atoms. The van der Waals surface area contributed by atoms with Crippen LogP contribution in [-0.4, -0.2) is 50.9 Å². The zero-order valence-electron chi connectivity index (χ0n) is 24.8. The zero-order chi connectivity index (χ0) is 32.1. The second kappa shape index (κ2) is 11.4. The van der Waals surface area contributed by atoms with Crippen molar-refractivity contribution in [3.05, 3.63) is 94.0 Å². The highest BCUT2D eigenvalue weighted by atomic mass is 32.2. The SMILES string of the molecule is CNc1ccc2c(c1)CN(C(=O)c1c(-c3cc(C)ccc3S(=O)(=O)O)cc(-c3cc(C)ccc3S(=O)(=O)O)c(C)c1OC)C2. The molecule has 1 aliphatic rings. The average Bonchev–Trinajstić information content (AvgIpc) is 3.38. The first-order valence-electron chi connectivity index (χ1n) is 13.6. The minimum absolute atomic E-state index is 0.0330. The number of rotatable bonds is 7. The summed E-state index contributed by atoms with van der Waals surface area (Å²) >= 11 is 0. The molecule has 0 aromatic heterocycles. The monoisotopic (exact) mass is 636 g/mol. The summed E-state index contributed by atoms with van der Waals surface area (Å²) in [6.45, 7) is 5.73. The molecule has 10 nitrogen and oxygen atoms in total. The van der Waals surface area contributed by atoms with Crippen molar-refractivity contribution in [2.45, 2.75) is 43.7 Å². The van der Waals surface area contributed by atoms with Crippen LogP contribution in [0.3, 0.4) is 0 Å². The summed E-state index contributed by atoms with van der Waals surface area (Å²) in [4.78, 5) is 15.3. The Balaban J connectivity index is 1.84. The molecule has 0 unspecified atom stereocenters. The van der Waals surface area contributed by atoms with Gasteiger partial charge in [0.15, 0.2) is 0 Å². The van der Waals surface area contributed by atoms with Crippen LogP contribution in [0.4, 0.5) is 5.69 Å². The number of ether oxygens (including phenoxy) is 1. The number of benzene rings is 4. The molecule has 1 amide bonds. The van der Waals surface area contributed by atoms with Crippen molar-refractivity contribution in [2.24, 2.45) is 0 Å². The van der Waals surface area contributed by atoms with Crippen molar-refractivity contribution in [2.75, 3.05) is 19.5 Å². The summed E-state index contributed by atoms with van der Waals surface area (Å²) in [5, 5.41) is 3.09. The van der Waals surface area contributed by atoms with Gasteiger partial charge in [0.1, 0.15) is 15.5 Å². The summed E-state index contributed by atoms with van der Waals surface area (Å²) < 4.78 is 76.2. The van der Waals surface area contributed by atoms with E-state index in [1.54, 1.807) is 44.9 Å². The number of carbonyl (C=O) groups excluding carboxylic acids is 1. The van der Waals surface area contributed by atoms with Gasteiger partial charge in [-0.25, -0.2) is 0 Å². The van der Waals surface area contributed by atoms with E-state index in [2.05, 4.69) is 5.32 Å². The quantitative estimate of drug-likeness (QED) is 0.219. The van der Waals surface area contributed by atoms with Gasteiger partial charge in [0.25, 0.3) is 26.1 Å². The molecule has 1 aliphatic heterocycles. The van der Waals surface area contributed by atoms with Crippen LogP contribution >= 0.6 is 0 Å². The molecule has 4 aromatic rings. The molecule has 0 bridgehead atoms. The maximum Gasteiger partial charge on any atom is 0.295 e. The summed E-state index contributed by atoms with van der Waals surface area (Å²) in [7, 11) is -6.28. The van der Waals surface area contributed by atoms with Crippen LogP contribution in [0.2, 0.25) is 0 Å². The Morgan fingerprint density at radius 2 is 1.30 bits per heavy atom. The summed E-state index contributed by atoms with van der Waals surface area (Å²) in [6.07, 6.45) is 0. The van der Waals surface area contributed by atoms with Crippen LogP contribution in [0, 0.1) is 20.8 Å². The Bertz CT molecular complexity index is 2060. The van der Waals surface area contributed by atoms with Crippen molar-refractivity contribution in [3.63, 3.8) is 0 Å². The molecule has 4 aromatic carbocycles. The van der Waals surface area contributed by atoms with Crippen molar-refractivity contribution >= 4 is 31.8 Å². The van der Waals surface area contributed by atoms with E-state index in [4.69, 9.17) is 4.74 Å². The van der Waals surface area contributed by atoms with Crippen molar-refractivity contribution in [1.82, 2.24) is 4.90 Å². The van der Waals surface area contributed by atoms with E-state index in [1.807, 2.05) is 18.2 Å². The maximum absolute atomic E-state index is 14.5. The van der Waals surface area contributed by atoms with Gasteiger partial charge < -0.3 is 15.0 Å². The Morgan fingerprint density at radius 3 is 1.82 bits per heavy atom. The first-order valence-corrected chi connectivity index (χ1v) is 16.5. The van der Waals surface area contributed by atoms with Gasteiger partial charge in [0.05, 0.1) is 12.7 Å². The number of nitrogens with zero attached hydrogens (tertiary/aromatic N) is 1. The molecule has 12 heteroatoms. The zero-order valence-corrected chi connectivity index (χ0v) is 26.4. The molecule has 0 fully saturated rings. The van der Waals surface area contributed by atoms with Crippen molar-refractivity contribution in [1.29, 1.82) is 0 Å². The molecule has 0 aliphatic carbocycles.